The number of nitrogens with zero attached hydrogens (tertiary/aromatic N) is 1. The zero-order valence-corrected chi connectivity index (χ0v) is 17.2. The third-order valence-corrected chi connectivity index (χ3v) is 5.89. The van der Waals surface area contributed by atoms with Crippen molar-refractivity contribution in [2.45, 2.75) is 0 Å². The molecule has 1 heterocycles. The summed E-state index contributed by atoms with van der Waals surface area (Å²) in [6.07, 6.45) is 0. The van der Waals surface area contributed by atoms with E-state index in [0.717, 1.165) is 54.6 Å². The van der Waals surface area contributed by atoms with E-state index in [4.69, 9.17) is 15.6 Å². The molecule has 0 aliphatic heterocycles. The molecular weight excluding hydrogens is 394 g/mol. The van der Waals surface area contributed by atoms with Crippen LogP contribution >= 0.6 is 0 Å². The maximum Gasteiger partial charge on any atom is 0.154 e. The number of nitrogens with two attached hydrogens (primary N) is 1. The largest absolute Gasteiger partial charge is 0.456 e. The SMILES string of the molecule is N=C(/N=C(\N)c1ccc2oc3cc4ccccc4cc3c2c1)c1ccc2ccccc2c1. The van der Waals surface area contributed by atoms with Gasteiger partial charge in [0.2, 0.25) is 0 Å². The van der Waals surface area contributed by atoms with E-state index >= 15 is 0 Å². The van der Waals surface area contributed by atoms with Gasteiger partial charge in [0, 0.05) is 21.9 Å². The molecule has 0 fully saturated rings. The minimum atomic E-state index is 0.136. The number of nitrogens with one attached hydrogen (secondary N) is 1. The van der Waals surface area contributed by atoms with Gasteiger partial charge in [-0.25, -0.2) is 4.99 Å². The van der Waals surface area contributed by atoms with Crippen LogP contribution in [-0.2, 0) is 0 Å². The third kappa shape index (κ3) is 3.01. The molecule has 0 amide bonds. The monoisotopic (exact) mass is 413 g/mol. The minimum Gasteiger partial charge on any atom is -0.456 e. The molecule has 6 aromatic rings. The second kappa shape index (κ2) is 7.06. The van der Waals surface area contributed by atoms with Crippen molar-refractivity contribution in [2.75, 3.05) is 0 Å². The lowest BCUT2D eigenvalue weighted by molar-refractivity contribution is 0.669. The van der Waals surface area contributed by atoms with Crippen molar-refractivity contribution < 1.29 is 4.42 Å². The van der Waals surface area contributed by atoms with Crippen LogP contribution in [0.2, 0.25) is 0 Å². The molecule has 0 unspecified atom stereocenters. The third-order valence-electron chi connectivity index (χ3n) is 5.89. The van der Waals surface area contributed by atoms with E-state index in [1.165, 1.54) is 0 Å². The quantitative estimate of drug-likeness (QED) is 0.247. The molecule has 4 heteroatoms. The van der Waals surface area contributed by atoms with Gasteiger partial charge < -0.3 is 10.2 Å². The molecule has 0 atom stereocenters. The highest BCUT2D eigenvalue weighted by molar-refractivity contribution is 6.15. The topological polar surface area (TPSA) is 75.4 Å². The summed E-state index contributed by atoms with van der Waals surface area (Å²) in [5.74, 6) is 0.441. The molecule has 0 bridgehead atoms. The summed E-state index contributed by atoms with van der Waals surface area (Å²) in [6.45, 7) is 0. The number of hydrogen-bond acceptors (Lipinski definition) is 2. The molecule has 0 saturated carbocycles. The maximum atomic E-state index is 8.45. The highest BCUT2D eigenvalue weighted by atomic mass is 16.3. The molecule has 6 rings (SSSR count). The lowest BCUT2D eigenvalue weighted by Crippen LogP contribution is -2.15. The van der Waals surface area contributed by atoms with Gasteiger partial charge in [-0.2, -0.15) is 0 Å². The highest BCUT2D eigenvalue weighted by Crippen LogP contribution is 2.32. The molecule has 0 saturated heterocycles. The first kappa shape index (κ1) is 18.3. The van der Waals surface area contributed by atoms with Crippen molar-refractivity contribution in [3.63, 3.8) is 0 Å². The Labute approximate surface area is 184 Å². The van der Waals surface area contributed by atoms with E-state index in [9.17, 15) is 0 Å². The van der Waals surface area contributed by atoms with Crippen molar-refractivity contribution in [1.29, 1.82) is 5.41 Å². The first-order valence-corrected chi connectivity index (χ1v) is 10.4. The fraction of sp³-hybridized carbons (Fsp3) is 0. The van der Waals surface area contributed by atoms with Gasteiger partial charge in [-0.05, 0) is 57.9 Å². The zero-order valence-electron chi connectivity index (χ0n) is 17.2. The summed E-state index contributed by atoms with van der Waals surface area (Å²) in [6, 6.07) is 32.2. The smallest absolute Gasteiger partial charge is 0.154 e. The molecule has 32 heavy (non-hydrogen) atoms. The molecule has 0 radical (unpaired) electrons. The van der Waals surface area contributed by atoms with Gasteiger partial charge in [-0.1, -0.05) is 60.7 Å². The van der Waals surface area contributed by atoms with E-state index in [1.807, 2.05) is 72.8 Å². The Kier molecular flexibility index (Phi) is 4.05. The van der Waals surface area contributed by atoms with Crippen LogP contribution in [0.5, 0.6) is 0 Å². The van der Waals surface area contributed by atoms with Gasteiger partial charge in [0.05, 0.1) is 0 Å². The number of furan rings is 1. The Hall–Kier alpha value is -4.44. The predicted molar refractivity (Wildman–Crippen MR) is 133 cm³/mol. The van der Waals surface area contributed by atoms with Gasteiger partial charge in [-0.15, -0.1) is 0 Å². The van der Waals surface area contributed by atoms with Crippen LogP contribution in [0.15, 0.2) is 106 Å². The normalized spacial score (nSPS) is 12.2. The fourth-order valence-electron chi connectivity index (χ4n) is 4.21. The summed E-state index contributed by atoms with van der Waals surface area (Å²) in [5, 5.41) is 15.0. The second-order valence-electron chi connectivity index (χ2n) is 7.92. The van der Waals surface area contributed by atoms with E-state index in [1.54, 1.807) is 0 Å². The van der Waals surface area contributed by atoms with Crippen LogP contribution < -0.4 is 5.73 Å². The number of rotatable bonds is 2. The Balaban J connectivity index is 1.41. The van der Waals surface area contributed by atoms with Crippen molar-refractivity contribution in [1.82, 2.24) is 0 Å². The number of fused-ring (bicyclic) bond motifs is 5. The van der Waals surface area contributed by atoms with Crippen molar-refractivity contribution >= 4 is 55.2 Å². The average Bonchev–Trinajstić information content (AvgIpc) is 3.18. The second-order valence-corrected chi connectivity index (χ2v) is 7.92. The highest BCUT2D eigenvalue weighted by Gasteiger charge is 2.11. The van der Waals surface area contributed by atoms with E-state index in [-0.39, 0.29) is 5.84 Å². The van der Waals surface area contributed by atoms with E-state index < -0.39 is 0 Å². The molecule has 1 aromatic heterocycles. The molecule has 3 N–H and O–H groups in total. The standard InChI is InChI=1S/C28H19N3O/c29-27(21-10-9-17-5-1-2-6-18(17)13-21)31-28(30)22-11-12-25-23(15-22)24-14-19-7-3-4-8-20(19)16-26(24)32-25/h1-16H,(H3,29,30,31). The Morgan fingerprint density at radius 3 is 2.03 bits per heavy atom. The van der Waals surface area contributed by atoms with Crippen LogP contribution in [0.1, 0.15) is 11.1 Å². The molecular formula is C28H19N3O. The number of benzene rings is 5. The Morgan fingerprint density at radius 1 is 0.625 bits per heavy atom. The van der Waals surface area contributed by atoms with E-state index in [0.29, 0.717) is 5.84 Å². The van der Waals surface area contributed by atoms with Crippen LogP contribution in [0.25, 0.3) is 43.5 Å². The van der Waals surface area contributed by atoms with Crippen molar-refractivity contribution in [3.05, 3.63) is 108 Å². The summed E-state index contributed by atoms with van der Waals surface area (Å²) in [4.78, 5) is 4.39. The fourth-order valence-corrected chi connectivity index (χ4v) is 4.21. The summed E-state index contributed by atoms with van der Waals surface area (Å²) in [7, 11) is 0. The van der Waals surface area contributed by atoms with Crippen molar-refractivity contribution in [3.8, 4) is 0 Å². The minimum absolute atomic E-state index is 0.136. The van der Waals surface area contributed by atoms with Gasteiger partial charge >= 0.3 is 0 Å². The predicted octanol–water partition coefficient (Wildman–Crippen LogP) is 6.62. The van der Waals surface area contributed by atoms with Gasteiger partial charge in [-0.3, -0.25) is 5.41 Å². The summed E-state index contributed by atoms with van der Waals surface area (Å²) >= 11 is 0. The molecule has 4 nitrogen and oxygen atoms in total. The lowest BCUT2D eigenvalue weighted by Gasteiger charge is -2.05. The summed E-state index contributed by atoms with van der Waals surface area (Å²) < 4.78 is 6.06. The first-order chi connectivity index (χ1) is 15.7. The molecule has 5 aromatic carbocycles. The Morgan fingerprint density at radius 2 is 1.25 bits per heavy atom. The van der Waals surface area contributed by atoms with Crippen LogP contribution in [0.3, 0.4) is 0 Å². The van der Waals surface area contributed by atoms with Gasteiger partial charge in [0.15, 0.2) is 5.84 Å². The maximum absolute atomic E-state index is 8.45. The molecule has 152 valence electrons. The molecule has 0 aliphatic carbocycles. The lowest BCUT2D eigenvalue weighted by atomic mass is 10.0. The van der Waals surface area contributed by atoms with Gasteiger partial charge in [0.25, 0.3) is 0 Å². The number of aliphatic imine (C=N–C) groups is 1. The summed E-state index contributed by atoms with van der Waals surface area (Å²) in [5.41, 5.74) is 9.46. The number of amidine groups is 2. The van der Waals surface area contributed by atoms with E-state index in [2.05, 4.69) is 29.3 Å². The van der Waals surface area contributed by atoms with Crippen LogP contribution in [0, 0.1) is 5.41 Å². The molecule has 0 spiro atoms. The molecule has 0 aliphatic rings. The Bertz CT molecular complexity index is 1710. The van der Waals surface area contributed by atoms with Crippen LogP contribution in [0.4, 0.5) is 0 Å². The first-order valence-electron chi connectivity index (χ1n) is 10.4. The zero-order chi connectivity index (χ0) is 21.7. The average molecular weight is 413 g/mol. The van der Waals surface area contributed by atoms with Crippen molar-refractivity contribution in [2.24, 2.45) is 10.7 Å². The number of hydrogen-bond donors (Lipinski definition) is 2. The van der Waals surface area contributed by atoms with Crippen LogP contribution in [-0.4, -0.2) is 11.7 Å². The van der Waals surface area contributed by atoms with Gasteiger partial charge in [0.1, 0.15) is 17.0 Å².